The number of halogens is 3. The Hall–Kier alpha value is 0.660. The van der Waals surface area contributed by atoms with Gasteiger partial charge in [-0.15, -0.1) is 0 Å². The third-order valence-corrected chi connectivity index (χ3v) is 7.02. The van der Waals surface area contributed by atoms with Gasteiger partial charge in [-0.1, -0.05) is 106 Å². The van der Waals surface area contributed by atoms with Gasteiger partial charge in [-0.25, -0.2) is 0 Å². The first-order chi connectivity index (χ1) is 9.63. The summed E-state index contributed by atoms with van der Waals surface area (Å²) in [5.41, 5.74) is 1.60. The van der Waals surface area contributed by atoms with Crippen molar-refractivity contribution in [3.8, 4) is 0 Å². The molecule has 0 radical (unpaired) electrons. The van der Waals surface area contributed by atoms with Crippen LogP contribution < -0.4 is 0 Å². The van der Waals surface area contributed by atoms with Crippen molar-refractivity contribution in [3.63, 3.8) is 0 Å². The van der Waals surface area contributed by atoms with E-state index < -0.39 is 0 Å². The van der Waals surface area contributed by atoms with E-state index in [4.69, 9.17) is 0 Å². The Morgan fingerprint density at radius 1 is 1.10 bits per heavy atom. The molecule has 0 fully saturated rings. The van der Waals surface area contributed by atoms with Gasteiger partial charge in [0.1, 0.15) is 0 Å². The highest BCUT2D eigenvalue weighted by molar-refractivity contribution is 9.10. The zero-order chi connectivity index (χ0) is 15.0. The summed E-state index contributed by atoms with van der Waals surface area (Å²) >= 11 is 11.3. The molecule has 1 atom stereocenters. The van der Waals surface area contributed by atoms with Gasteiger partial charge in [-0.2, -0.15) is 0 Å². The molecule has 0 aliphatic rings. The fraction of sp³-hybridized carbons (Fsp3) is 0.647. The molecule has 1 rings (SSSR count). The first kappa shape index (κ1) is 18.7. The zero-order valence-corrected chi connectivity index (χ0v) is 17.2. The standard InChI is InChI=1S/C17H25Br3/c1-3-5-8-14(4-2)11-17(12-18,13-19)15-9-6-7-10-16(15)20/h6-7,9-10,14H,3-5,8,11-13H2,1-2H3. The van der Waals surface area contributed by atoms with Crippen LogP contribution in [0.5, 0.6) is 0 Å². The van der Waals surface area contributed by atoms with Crippen LogP contribution in [0.15, 0.2) is 28.7 Å². The number of rotatable bonds is 9. The van der Waals surface area contributed by atoms with Crippen molar-refractivity contribution >= 4 is 47.8 Å². The molecule has 0 nitrogen and oxygen atoms in total. The van der Waals surface area contributed by atoms with Crippen LogP contribution in [0.4, 0.5) is 0 Å². The minimum atomic E-state index is 0.175. The lowest BCUT2D eigenvalue weighted by molar-refractivity contribution is 0.337. The van der Waals surface area contributed by atoms with E-state index in [2.05, 4.69) is 85.9 Å². The minimum absolute atomic E-state index is 0.175. The predicted octanol–water partition coefficient (Wildman–Crippen LogP) is 7.08. The average Bonchev–Trinajstić information content (AvgIpc) is 2.49. The van der Waals surface area contributed by atoms with Crippen molar-refractivity contribution in [2.45, 2.75) is 51.4 Å². The van der Waals surface area contributed by atoms with Crippen LogP contribution in [0.3, 0.4) is 0 Å². The van der Waals surface area contributed by atoms with Crippen LogP contribution in [0, 0.1) is 5.92 Å². The Bertz CT molecular complexity index is 386. The molecule has 0 N–H and O–H groups in total. The number of unbranched alkanes of at least 4 members (excludes halogenated alkanes) is 1. The molecule has 0 saturated heterocycles. The van der Waals surface area contributed by atoms with Gasteiger partial charge in [0.2, 0.25) is 0 Å². The highest BCUT2D eigenvalue weighted by Crippen LogP contribution is 2.40. The van der Waals surface area contributed by atoms with Crippen LogP contribution in [0.1, 0.15) is 51.5 Å². The minimum Gasteiger partial charge on any atom is -0.0918 e. The normalized spacial score (nSPS) is 13.4. The van der Waals surface area contributed by atoms with Crippen molar-refractivity contribution in [1.82, 2.24) is 0 Å². The molecule has 0 spiro atoms. The van der Waals surface area contributed by atoms with Gasteiger partial charge >= 0.3 is 0 Å². The number of alkyl halides is 2. The lowest BCUT2D eigenvalue weighted by Gasteiger charge is -2.35. The summed E-state index contributed by atoms with van der Waals surface area (Å²) in [6.45, 7) is 4.61. The highest BCUT2D eigenvalue weighted by Gasteiger charge is 2.33. The van der Waals surface area contributed by atoms with Gasteiger partial charge in [0.05, 0.1) is 0 Å². The smallest absolute Gasteiger partial charge is 0.0213 e. The summed E-state index contributed by atoms with van der Waals surface area (Å²) in [6.07, 6.45) is 6.49. The molecule has 0 saturated carbocycles. The lowest BCUT2D eigenvalue weighted by Crippen LogP contribution is -2.33. The van der Waals surface area contributed by atoms with Crippen LogP contribution >= 0.6 is 47.8 Å². The first-order valence-electron chi connectivity index (χ1n) is 7.50. The molecule has 0 aliphatic carbocycles. The third kappa shape index (κ3) is 4.84. The van der Waals surface area contributed by atoms with Crippen LogP contribution in [0.2, 0.25) is 0 Å². The summed E-state index contributed by atoms with van der Waals surface area (Å²) in [7, 11) is 0. The summed E-state index contributed by atoms with van der Waals surface area (Å²) in [5.74, 6) is 0.803. The van der Waals surface area contributed by atoms with E-state index >= 15 is 0 Å². The first-order valence-corrected chi connectivity index (χ1v) is 10.5. The lowest BCUT2D eigenvalue weighted by atomic mass is 9.75. The van der Waals surface area contributed by atoms with Gasteiger partial charge in [-0.05, 0) is 24.0 Å². The van der Waals surface area contributed by atoms with E-state index in [0.29, 0.717) is 0 Å². The van der Waals surface area contributed by atoms with Crippen molar-refractivity contribution < 1.29 is 0 Å². The summed E-state index contributed by atoms with van der Waals surface area (Å²) in [5, 5.41) is 1.99. The fourth-order valence-electron chi connectivity index (χ4n) is 2.79. The van der Waals surface area contributed by atoms with Gasteiger partial charge < -0.3 is 0 Å². The second-order valence-electron chi connectivity index (χ2n) is 5.65. The maximum absolute atomic E-state index is 3.78. The molecule has 1 aromatic carbocycles. The van der Waals surface area contributed by atoms with Crippen LogP contribution in [-0.4, -0.2) is 10.7 Å². The predicted molar refractivity (Wildman–Crippen MR) is 101 cm³/mol. The second kappa shape index (κ2) is 9.63. The van der Waals surface area contributed by atoms with E-state index in [1.54, 1.807) is 0 Å². The van der Waals surface area contributed by atoms with Gasteiger partial charge in [0.15, 0.2) is 0 Å². The van der Waals surface area contributed by atoms with Crippen molar-refractivity contribution in [2.24, 2.45) is 5.92 Å². The molecule has 1 unspecified atom stereocenters. The molecule has 0 aliphatic heterocycles. The van der Waals surface area contributed by atoms with Gasteiger partial charge in [0, 0.05) is 20.5 Å². The monoisotopic (exact) mass is 466 g/mol. The Morgan fingerprint density at radius 3 is 2.25 bits per heavy atom. The molecule has 1 aromatic rings. The van der Waals surface area contributed by atoms with E-state index in [0.717, 1.165) is 16.6 Å². The molecule has 20 heavy (non-hydrogen) atoms. The van der Waals surface area contributed by atoms with E-state index in [1.165, 1.54) is 42.1 Å². The average molecular weight is 469 g/mol. The van der Waals surface area contributed by atoms with Gasteiger partial charge in [-0.3, -0.25) is 0 Å². The molecule has 0 bridgehead atoms. The summed E-state index contributed by atoms with van der Waals surface area (Å²) < 4.78 is 1.23. The molecule has 3 heteroatoms. The van der Waals surface area contributed by atoms with E-state index in [-0.39, 0.29) is 5.41 Å². The number of benzene rings is 1. The number of hydrogen-bond acceptors (Lipinski definition) is 0. The molecule has 0 heterocycles. The summed E-state index contributed by atoms with van der Waals surface area (Å²) in [6, 6.07) is 8.66. The largest absolute Gasteiger partial charge is 0.0918 e. The van der Waals surface area contributed by atoms with E-state index in [1.807, 2.05) is 0 Å². The number of hydrogen-bond donors (Lipinski definition) is 0. The third-order valence-electron chi connectivity index (χ3n) is 4.18. The van der Waals surface area contributed by atoms with Crippen molar-refractivity contribution in [3.05, 3.63) is 34.3 Å². The van der Waals surface area contributed by atoms with Crippen LogP contribution in [-0.2, 0) is 5.41 Å². The van der Waals surface area contributed by atoms with Crippen molar-refractivity contribution in [1.29, 1.82) is 0 Å². The molecule has 0 amide bonds. The maximum Gasteiger partial charge on any atom is 0.0213 e. The van der Waals surface area contributed by atoms with Crippen LogP contribution in [0.25, 0.3) is 0 Å². The highest BCUT2D eigenvalue weighted by atomic mass is 79.9. The Balaban J connectivity index is 2.99. The summed E-state index contributed by atoms with van der Waals surface area (Å²) in [4.78, 5) is 0. The second-order valence-corrected chi connectivity index (χ2v) is 7.62. The molecular formula is C17H25Br3. The Labute approximate surface area is 149 Å². The topological polar surface area (TPSA) is 0 Å². The maximum atomic E-state index is 3.78. The van der Waals surface area contributed by atoms with Crippen molar-refractivity contribution in [2.75, 3.05) is 10.7 Å². The van der Waals surface area contributed by atoms with E-state index in [9.17, 15) is 0 Å². The van der Waals surface area contributed by atoms with Gasteiger partial charge in [0.25, 0.3) is 0 Å². The zero-order valence-electron chi connectivity index (χ0n) is 12.5. The molecule has 0 aromatic heterocycles. The molecular weight excluding hydrogens is 444 g/mol. The molecule has 114 valence electrons. The quantitative estimate of drug-likeness (QED) is 0.339. The Morgan fingerprint density at radius 2 is 1.75 bits per heavy atom. The fourth-order valence-corrected chi connectivity index (χ4v) is 5.48. The SMILES string of the molecule is CCCCC(CC)CC(CBr)(CBr)c1ccccc1Br. The Kier molecular flexibility index (Phi) is 9.01.